The quantitative estimate of drug-likeness (QED) is 0.772. The normalized spacial score (nSPS) is 16.2. The lowest BCUT2D eigenvalue weighted by Gasteiger charge is -2.24. The van der Waals surface area contributed by atoms with Crippen LogP contribution < -0.4 is 0 Å². The predicted molar refractivity (Wildman–Crippen MR) is 76.2 cm³/mol. The summed E-state index contributed by atoms with van der Waals surface area (Å²) < 4.78 is 1.83. The molecule has 0 heterocycles. The van der Waals surface area contributed by atoms with Crippen molar-refractivity contribution >= 4 is 37.8 Å². The summed E-state index contributed by atoms with van der Waals surface area (Å²) in [6, 6.07) is 6.09. The van der Waals surface area contributed by atoms with Gasteiger partial charge in [0.25, 0.3) is 5.91 Å². The van der Waals surface area contributed by atoms with Crippen LogP contribution in [0.3, 0.4) is 0 Å². The van der Waals surface area contributed by atoms with Gasteiger partial charge < -0.3 is 4.90 Å². The molecule has 17 heavy (non-hydrogen) atoms. The predicted octanol–water partition coefficient (Wildman–Crippen LogP) is 4.23. The number of hydrogen-bond donors (Lipinski definition) is 0. The molecule has 0 aromatic heterocycles. The minimum absolute atomic E-state index is 0.108. The Bertz CT molecular complexity index is 427. The standard InChI is InChI=1S/C13H15Br2NO/c1-16(10-4-2-3-5-10)13(17)11-7-6-9(14)8-12(11)15/h6-8,10H,2-5H2,1H3. The molecule has 2 rings (SSSR count). The Morgan fingerprint density at radius 3 is 2.53 bits per heavy atom. The molecule has 1 amide bonds. The Morgan fingerprint density at radius 2 is 1.94 bits per heavy atom. The van der Waals surface area contributed by atoms with Gasteiger partial charge in [0, 0.05) is 22.0 Å². The largest absolute Gasteiger partial charge is 0.339 e. The lowest BCUT2D eigenvalue weighted by Crippen LogP contribution is -2.35. The second-order valence-electron chi connectivity index (χ2n) is 4.48. The summed E-state index contributed by atoms with van der Waals surface area (Å²) in [5, 5.41) is 0. The van der Waals surface area contributed by atoms with Crippen LogP contribution in [0.15, 0.2) is 27.1 Å². The van der Waals surface area contributed by atoms with Gasteiger partial charge in [-0.15, -0.1) is 0 Å². The molecule has 0 bridgehead atoms. The summed E-state index contributed by atoms with van der Waals surface area (Å²) in [6.07, 6.45) is 4.75. The molecule has 1 aromatic carbocycles. The van der Waals surface area contributed by atoms with Gasteiger partial charge in [-0.3, -0.25) is 4.79 Å². The molecule has 1 fully saturated rings. The number of halogens is 2. The van der Waals surface area contributed by atoms with E-state index in [2.05, 4.69) is 31.9 Å². The molecule has 0 N–H and O–H groups in total. The summed E-state index contributed by atoms with van der Waals surface area (Å²) in [6.45, 7) is 0. The number of carbonyl (C=O) groups is 1. The first-order chi connectivity index (χ1) is 8.09. The molecule has 4 heteroatoms. The molecule has 1 aliphatic carbocycles. The van der Waals surface area contributed by atoms with E-state index < -0.39 is 0 Å². The number of hydrogen-bond acceptors (Lipinski definition) is 1. The van der Waals surface area contributed by atoms with Crippen molar-refractivity contribution in [2.75, 3.05) is 7.05 Å². The lowest BCUT2D eigenvalue weighted by molar-refractivity contribution is 0.0734. The van der Waals surface area contributed by atoms with E-state index in [1.165, 1.54) is 12.8 Å². The summed E-state index contributed by atoms with van der Waals surface area (Å²) in [5.41, 5.74) is 0.739. The molecule has 0 unspecified atom stereocenters. The zero-order valence-electron chi connectivity index (χ0n) is 9.75. The smallest absolute Gasteiger partial charge is 0.254 e. The van der Waals surface area contributed by atoms with Crippen LogP contribution >= 0.6 is 31.9 Å². The number of nitrogens with zero attached hydrogens (tertiary/aromatic N) is 1. The summed E-state index contributed by atoms with van der Waals surface area (Å²) in [7, 11) is 1.91. The van der Waals surface area contributed by atoms with Crippen LogP contribution in [0.25, 0.3) is 0 Å². The summed E-state index contributed by atoms with van der Waals surface area (Å²) in [5.74, 6) is 0.108. The van der Waals surface area contributed by atoms with Crippen LogP contribution in [0.1, 0.15) is 36.0 Å². The maximum absolute atomic E-state index is 12.3. The molecule has 0 radical (unpaired) electrons. The average molecular weight is 361 g/mol. The van der Waals surface area contributed by atoms with Gasteiger partial charge in [-0.25, -0.2) is 0 Å². The summed E-state index contributed by atoms with van der Waals surface area (Å²) >= 11 is 6.84. The number of rotatable bonds is 2. The minimum Gasteiger partial charge on any atom is -0.339 e. The van der Waals surface area contributed by atoms with Gasteiger partial charge in [0.05, 0.1) is 5.56 Å². The van der Waals surface area contributed by atoms with Gasteiger partial charge in [-0.1, -0.05) is 28.8 Å². The highest BCUT2D eigenvalue weighted by atomic mass is 79.9. The average Bonchev–Trinajstić information content (AvgIpc) is 2.80. The van der Waals surface area contributed by atoms with Crippen molar-refractivity contribution in [2.24, 2.45) is 0 Å². The highest BCUT2D eigenvalue weighted by Crippen LogP contribution is 2.27. The lowest BCUT2D eigenvalue weighted by atomic mass is 10.1. The van der Waals surface area contributed by atoms with Crippen molar-refractivity contribution in [1.82, 2.24) is 4.90 Å². The fraction of sp³-hybridized carbons (Fsp3) is 0.462. The van der Waals surface area contributed by atoms with Crippen LogP contribution in [0.4, 0.5) is 0 Å². The zero-order valence-corrected chi connectivity index (χ0v) is 12.9. The third kappa shape index (κ3) is 2.91. The zero-order chi connectivity index (χ0) is 12.4. The van der Waals surface area contributed by atoms with E-state index >= 15 is 0 Å². The van der Waals surface area contributed by atoms with E-state index in [9.17, 15) is 4.79 Å². The van der Waals surface area contributed by atoms with Gasteiger partial charge in [0.15, 0.2) is 0 Å². The van der Waals surface area contributed by atoms with E-state index in [4.69, 9.17) is 0 Å². The van der Waals surface area contributed by atoms with Gasteiger partial charge in [0.2, 0.25) is 0 Å². The van der Waals surface area contributed by atoms with Gasteiger partial charge >= 0.3 is 0 Å². The Morgan fingerprint density at radius 1 is 1.29 bits per heavy atom. The third-order valence-electron chi connectivity index (χ3n) is 3.35. The van der Waals surface area contributed by atoms with Crippen molar-refractivity contribution in [3.05, 3.63) is 32.7 Å². The Kier molecular flexibility index (Phi) is 4.26. The molecular weight excluding hydrogens is 346 g/mol. The van der Waals surface area contributed by atoms with E-state index in [-0.39, 0.29) is 5.91 Å². The molecule has 0 spiro atoms. The number of amides is 1. The first-order valence-corrected chi connectivity index (χ1v) is 7.40. The molecule has 1 aromatic rings. The van der Waals surface area contributed by atoms with Crippen LogP contribution in [-0.2, 0) is 0 Å². The molecule has 1 aliphatic rings. The van der Waals surface area contributed by atoms with E-state index in [0.717, 1.165) is 27.4 Å². The minimum atomic E-state index is 0.108. The van der Waals surface area contributed by atoms with Gasteiger partial charge in [-0.2, -0.15) is 0 Å². The number of benzene rings is 1. The maximum Gasteiger partial charge on any atom is 0.254 e. The fourth-order valence-corrected chi connectivity index (χ4v) is 3.53. The second kappa shape index (κ2) is 5.53. The van der Waals surface area contributed by atoms with Crippen molar-refractivity contribution in [3.8, 4) is 0 Å². The molecular formula is C13H15Br2NO. The molecule has 0 saturated heterocycles. The van der Waals surface area contributed by atoms with Crippen molar-refractivity contribution in [2.45, 2.75) is 31.7 Å². The Hall–Kier alpha value is -0.350. The first kappa shape index (κ1) is 13.1. The number of carbonyl (C=O) groups excluding carboxylic acids is 1. The maximum atomic E-state index is 12.3. The van der Waals surface area contributed by atoms with Crippen LogP contribution in [0, 0.1) is 0 Å². The third-order valence-corrected chi connectivity index (χ3v) is 4.50. The molecule has 2 nitrogen and oxygen atoms in total. The van der Waals surface area contributed by atoms with Crippen LogP contribution in [0.5, 0.6) is 0 Å². The Balaban J connectivity index is 2.18. The second-order valence-corrected chi connectivity index (χ2v) is 6.25. The van der Waals surface area contributed by atoms with Crippen molar-refractivity contribution in [3.63, 3.8) is 0 Å². The Labute approximate surface area is 119 Å². The first-order valence-electron chi connectivity index (χ1n) is 5.82. The van der Waals surface area contributed by atoms with E-state index in [1.807, 2.05) is 30.1 Å². The SMILES string of the molecule is CN(C(=O)c1ccc(Br)cc1Br)C1CCCC1. The van der Waals surface area contributed by atoms with Crippen molar-refractivity contribution in [1.29, 1.82) is 0 Å². The van der Waals surface area contributed by atoms with Crippen LogP contribution in [0.2, 0.25) is 0 Å². The molecule has 0 aliphatic heterocycles. The van der Waals surface area contributed by atoms with Gasteiger partial charge in [0.1, 0.15) is 0 Å². The molecule has 0 atom stereocenters. The highest BCUT2D eigenvalue weighted by molar-refractivity contribution is 9.11. The molecule has 1 saturated carbocycles. The fourth-order valence-electron chi connectivity index (χ4n) is 2.31. The van der Waals surface area contributed by atoms with E-state index in [1.54, 1.807) is 0 Å². The van der Waals surface area contributed by atoms with E-state index in [0.29, 0.717) is 6.04 Å². The van der Waals surface area contributed by atoms with Gasteiger partial charge in [-0.05, 0) is 47.0 Å². The van der Waals surface area contributed by atoms with Crippen LogP contribution in [-0.4, -0.2) is 23.9 Å². The molecule has 92 valence electrons. The topological polar surface area (TPSA) is 20.3 Å². The monoisotopic (exact) mass is 359 g/mol. The summed E-state index contributed by atoms with van der Waals surface area (Å²) in [4.78, 5) is 14.2. The highest BCUT2D eigenvalue weighted by Gasteiger charge is 2.25. The van der Waals surface area contributed by atoms with Crippen molar-refractivity contribution < 1.29 is 4.79 Å².